The maximum atomic E-state index is 13.5. The van der Waals surface area contributed by atoms with Gasteiger partial charge in [-0.15, -0.1) is 0 Å². The average molecular weight is 607 g/mol. The van der Waals surface area contributed by atoms with E-state index >= 15 is 0 Å². The van der Waals surface area contributed by atoms with Gasteiger partial charge in [-0.3, -0.25) is 9.36 Å². The fourth-order valence-electron chi connectivity index (χ4n) is 5.04. The standard InChI is InChI=1S/C32H33Cl2N5O3/c1-20(2)38-14-12-24(13-15-38)42-28-11-10-23(17-21(28)3)36-32-35-18-25-29(37-32)22(7-6-16-41-4)19-39(31(25)40)30-26(33)8-5-9-27(30)34/h5,8-11,17-20,24H,12-16H2,1-4H3,(H,35,36,37). The Labute approximate surface area is 255 Å². The molecule has 0 spiro atoms. The van der Waals surface area contributed by atoms with Gasteiger partial charge in [-0.05, 0) is 69.5 Å². The summed E-state index contributed by atoms with van der Waals surface area (Å²) in [7, 11) is 1.56. The molecule has 0 aliphatic carbocycles. The van der Waals surface area contributed by atoms with Crippen LogP contribution >= 0.6 is 23.2 Å². The van der Waals surface area contributed by atoms with Crippen molar-refractivity contribution in [1.82, 2.24) is 19.4 Å². The topological polar surface area (TPSA) is 81.5 Å². The lowest BCUT2D eigenvalue weighted by Crippen LogP contribution is -2.41. The summed E-state index contributed by atoms with van der Waals surface area (Å²) in [5, 5.41) is 4.21. The summed E-state index contributed by atoms with van der Waals surface area (Å²) < 4.78 is 12.8. The number of hydrogen-bond acceptors (Lipinski definition) is 7. The Hall–Kier alpha value is -3.61. The van der Waals surface area contributed by atoms with Crippen molar-refractivity contribution in [2.45, 2.75) is 45.8 Å². The van der Waals surface area contributed by atoms with Gasteiger partial charge in [-0.2, -0.15) is 0 Å². The molecule has 2 aromatic heterocycles. The molecule has 0 unspecified atom stereocenters. The Morgan fingerprint density at radius 1 is 1.14 bits per heavy atom. The van der Waals surface area contributed by atoms with Crippen LogP contribution in [-0.2, 0) is 4.74 Å². The first-order valence-electron chi connectivity index (χ1n) is 13.9. The van der Waals surface area contributed by atoms with E-state index in [-0.39, 0.29) is 23.7 Å². The highest BCUT2D eigenvalue weighted by molar-refractivity contribution is 6.37. The maximum absolute atomic E-state index is 13.5. The number of fused-ring (bicyclic) bond motifs is 1. The van der Waals surface area contributed by atoms with Gasteiger partial charge in [-0.25, -0.2) is 9.97 Å². The number of rotatable bonds is 7. The van der Waals surface area contributed by atoms with Crippen molar-refractivity contribution >= 4 is 45.7 Å². The molecule has 1 fully saturated rings. The molecule has 218 valence electrons. The fourth-order valence-corrected chi connectivity index (χ4v) is 5.62. The van der Waals surface area contributed by atoms with Crippen LogP contribution in [0.4, 0.5) is 11.6 Å². The maximum Gasteiger partial charge on any atom is 0.266 e. The number of aryl methyl sites for hydroxylation is 1. The van der Waals surface area contributed by atoms with E-state index in [1.807, 2.05) is 25.1 Å². The van der Waals surface area contributed by atoms with E-state index in [0.717, 1.165) is 42.9 Å². The molecule has 0 atom stereocenters. The van der Waals surface area contributed by atoms with E-state index in [4.69, 9.17) is 32.7 Å². The fraction of sp³-hybridized carbons (Fsp3) is 0.344. The minimum Gasteiger partial charge on any atom is -0.490 e. The van der Waals surface area contributed by atoms with Crippen LogP contribution in [-0.4, -0.2) is 58.4 Å². The van der Waals surface area contributed by atoms with Crippen LogP contribution in [0.25, 0.3) is 16.6 Å². The van der Waals surface area contributed by atoms with E-state index in [2.05, 4.69) is 45.9 Å². The average Bonchev–Trinajstić information content (AvgIpc) is 2.97. The van der Waals surface area contributed by atoms with Crippen LogP contribution in [0.15, 0.2) is 53.6 Å². The molecule has 10 heteroatoms. The van der Waals surface area contributed by atoms with Gasteiger partial charge >= 0.3 is 0 Å². The Kier molecular flexibility index (Phi) is 9.34. The van der Waals surface area contributed by atoms with Gasteiger partial charge in [0.25, 0.3) is 5.56 Å². The van der Waals surface area contributed by atoms with E-state index in [1.165, 1.54) is 10.8 Å². The molecule has 0 saturated carbocycles. The normalized spacial score (nSPS) is 14.2. The van der Waals surface area contributed by atoms with Gasteiger partial charge in [0.1, 0.15) is 18.5 Å². The SMILES string of the molecule is COCC#Cc1cn(-c2c(Cl)cccc2Cl)c(=O)c2cnc(Nc3ccc(OC4CCN(C(C)C)CC4)c(C)c3)nc12. The zero-order valence-corrected chi connectivity index (χ0v) is 25.6. The molecule has 1 saturated heterocycles. The van der Waals surface area contributed by atoms with Crippen LogP contribution in [0.2, 0.25) is 10.0 Å². The number of nitrogens with zero attached hydrogens (tertiary/aromatic N) is 4. The Balaban J connectivity index is 1.43. The third kappa shape index (κ3) is 6.55. The number of benzene rings is 2. The van der Waals surface area contributed by atoms with Gasteiger partial charge in [0.2, 0.25) is 5.95 Å². The summed E-state index contributed by atoms with van der Waals surface area (Å²) in [4.78, 5) is 25.1. The van der Waals surface area contributed by atoms with E-state index < -0.39 is 0 Å². The highest BCUT2D eigenvalue weighted by Gasteiger charge is 2.22. The second kappa shape index (κ2) is 13.1. The summed E-state index contributed by atoms with van der Waals surface area (Å²) in [6.07, 6.45) is 5.33. The number of pyridine rings is 1. The van der Waals surface area contributed by atoms with Crippen LogP contribution in [0.1, 0.15) is 37.8 Å². The Morgan fingerprint density at radius 2 is 1.88 bits per heavy atom. The smallest absolute Gasteiger partial charge is 0.266 e. The van der Waals surface area contributed by atoms with Crippen molar-refractivity contribution < 1.29 is 9.47 Å². The number of methoxy groups -OCH3 is 1. The number of ether oxygens (including phenoxy) is 2. The summed E-state index contributed by atoms with van der Waals surface area (Å²) in [6, 6.07) is 11.5. The highest BCUT2D eigenvalue weighted by atomic mass is 35.5. The first-order valence-corrected chi connectivity index (χ1v) is 14.6. The number of nitrogens with one attached hydrogen (secondary N) is 1. The highest BCUT2D eigenvalue weighted by Crippen LogP contribution is 2.30. The lowest BCUT2D eigenvalue weighted by molar-refractivity contribution is 0.0838. The second-order valence-electron chi connectivity index (χ2n) is 10.5. The summed E-state index contributed by atoms with van der Waals surface area (Å²) in [5.74, 6) is 7.21. The second-order valence-corrected chi connectivity index (χ2v) is 11.3. The lowest BCUT2D eigenvalue weighted by atomic mass is 10.1. The van der Waals surface area contributed by atoms with Crippen molar-refractivity contribution in [2.24, 2.45) is 0 Å². The molecule has 0 bridgehead atoms. The number of piperidine rings is 1. The lowest BCUT2D eigenvalue weighted by Gasteiger charge is -2.34. The van der Waals surface area contributed by atoms with Crippen molar-refractivity contribution in [3.8, 4) is 23.3 Å². The van der Waals surface area contributed by atoms with Gasteiger partial charge in [-0.1, -0.05) is 41.1 Å². The van der Waals surface area contributed by atoms with Gasteiger partial charge in [0, 0.05) is 44.3 Å². The predicted octanol–water partition coefficient (Wildman–Crippen LogP) is 6.39. The molecule has 0 radical (unpaired) electrons. The Bertz CT molecular complexity index is 1700. The van der Waals surface area contributed by atoms with Gasteiger partial charge in [0.15, 0.2) is 0 Å². The Morgan fingerprint density at radius 3 is 2.55 bits per heavy atom. The van der Waals surface area contributed by atoms with Gasteiger partial charge < -0.3 is 19.7 Å². The monoisotopic (exact) mass is 605 g/mol. The number of anilines is 2. The molecule has 42 heavy (non-hydrogen) atoms. The molecule has 1 aliphatic heterocycles. The molecule has 0 amide bonds. The van der Waals surface area contributed by atoms with E-state index in [0.29, 0.717) is 38.8 Å². The largest absolute Gasteiger partial charge is 0.490 e. The molecule has 4 aromatic rings. The molecule has 3 heterocycles. The molecule has 8 nitrogen and oxygen atoms in total. The molecule has 1 N–H and O–H groups in total. The quantitative estimate of drug-likeness (QED) is 0.244. The summed E-state index contributed by atoms with van der Waals surface area (Å²) in [6.45, 7) is 8.81. The molecule has 5 rings (SSSR count). The summed E-state index contributed by atoms with van der Waals surface area (Å²) >= 11 is 12.8. The van der Waals surface area contributed by atoms with Crippen LogP contribution in [0.3, 0.4) is 0 Å². The van der Waals surface area contributed by atoms with Crippen LogP contribution < -0.4 is 15.6 Å². The van der Waals surface area contributed by atoms with Crippen molar-refractivity contribution in [2.75, 3.05) is 32.1 Å². The van der Waals surface area contributed by atoms with E-state index in [1.54, 1.807) is 31.5 Å². The molecule has 1 aliphatic rings. The van der Waals surface area contributed by atoms with Crippen molar-refractivity contribution in [1.29, 1.82) is 0 Å². The number of aromatic nitrogens is 3. The third-order valence-electron chi connectivity index (χ3n) is 7.30. The number of para-hydroxylation sites is 1. The molecule has 2 aromatic carbocycles. The predicted molar refractivity (Wildman–Crippen MR) is 169 cm³/mol. The zero-order valence-electron chi connectivity index (χ0n) is 24.1. The van der Waals surface area contributed by atoms with Crippen LogP contribution in [0.5, 0.6) is 5.75 Å². The number of likely N-dealkylation sites (tertiary alicyclic amines) is 1. The number of halogens is 2. The molecular formula is C32H33Cl2N5O3. The van der Waals surface area contributed by atoms with Crippen molar-refractivity contribution in [3.63, 3.8) is 0 Å². The number of hydrogen-bond donors (Lipinski definition) is 1. The third-order valence-corrected chi connectivity index (χ3v) is 7.91. The first kappa shape index (κ1) is 29.9. The van der Waals surface area contributed by atoms with Crippen molar-refractivity contribution in [3.05, 3.63) is 80.3 Å². The van der Waals surface area contributed by atoms with Gasteiger partial charge in [0.05, 0.1) is 32.2 Å². The summed E-state index contributed by atoms with van der Waals surface area (Å²) in [5.41, 5.74) is 2.74. The minimum absolute atomic E-state index is 0.212. The molecular weight excluding hydrogens is 573 g/mol. The minimum atomic E-state index is -0.361. The first-order chi connectivity index (χ1) is 20.2. The van der Waals surface area contributed by atoms with E-state index in [9.17, 15) is 4.79 Å². The zero-order chi connectivity index (χ0) is 29.8. The van der Waals surface area contributed by atoms with Crippen LogP contribution in [0, 0.1) is 18.8 Å².